The molecule has 0 aliphatic carbocycles. The lowest BCUT2D eigenvalue weighted by molar-refractivity contribution is -0.150. The second kappa shape index (κ2) is 11.9. The van der Waals surface area contributed by atoms with Crippen LogP contribution in [0.1, 0.15) is 40.8 Å². The van der Waals surface area contributed by atoms with E-state index < -0.39 is 73.7 Å². The molecule has 3 N–H and O–H groups in total. The zero-order chi connectivity index (χ0) is 28.3. The molecule has 0 bridgehead atoms. The number of ether oxygens (including phenoxy) is 2. The number of halogens is 1. The monoisotopic (exact) mass is 557 g/mol. The number of alkyl halides is 1. The number of hydrogen-bond donors (Lipinski definition) is 3. The predicted molar refractivity (Wildman–Crippen MR) is 134 cm³/mol. The van der Waals surface area contributed by atoms with Crippen LogP contribution >= 0.6 is 7.75 Å². The van der Waals surface area contributed by atoms with E-state index in [1.165, 1.54) is 12.1 Å². The highest BCUT2D eigenvalue weighted by molar-refractivity contribution is 7.52. The molecule has 0 spiro atoms. The van der Waals surface area contributed by atoms with E-state index in [0.717, 1.165) is 23.8 Å². The van der Waals surface area contributed by atoms with Gasteiger partial charge >= 0.3 is 19.4 Å². The average molecular weight is 558 g/mol. The molecule has 1 aromatic carbocycles. The molecular weight excluding hydrogens is 524 g/mol. The maximum absolute atomic E-state index is 15.5. The van der Waals surface area contributed by atoms with Crippen LogP contribution in [-0.2, 0) is 23.4 Å². The number of hydrogen-bond acceptors (Lipinski definition) is 9. The summed E-state index contributed by atoms with van der Waals surface area (Å²) in [6, 6.07) is 7.94. The number of rotatable bonds is 11. The summed E-state index contributed by atoms with van der Waals surface area (Å²) in [5, 5.41) is 13.3. The van der Waals surface area contributed by atoms with Crippen molar-refractivity contribution in [1.82, 2.24) is 14.6 Å². The number of para-hydroxylation sites is 1. The van der Waals surface area contributed by atoms with E-state index in [2.05, 4.69) is 5.09 Å². The van der Waals surface area contributed by atoms with Gasteiger partial charge in [0.25, 0.3) is 5.56 Å². The van der Waals surface area contributed by atoms with Crippen molar-refractivity contribution in [1.29, 1.82) is 0 Å². The van der Waals surface area contributed by atoms with Crippen LogP contribution < -0.4 is 20.9 Å². The van der Waals surface area contributed by atoms with Gasteiger partial charge in [0, 0.05) is 12.3 Å². The number of aliphatic hydroxyl groups excluding tert-OH is 1. The maximum atomic E-state index is 15.5. The van der Waals surface area contributed by atoms with Crippen molar-refractivity contribution in [3.05, 3.63) is 63.4 Å². The standard InChI is InChI=1S/C24H33FN3O9P/c1-14(2)19(21(31)35-15(3)4)27-38(33,37-16-9-7-6-8-10-16)34-13-17-20(30)24(5,25)22(36-17)28-12-11-18(29)26-23(28)32/h6-12,14-15,17,19-20,22,30H,13H2,1-5H3,(H,27,33)(H,26,29,32)/t17-,19-,20-,22-,24+,38?/m1/s1. The number of carbonyl (C=O) groups excluding carboxylic acids is 1. The zero-order valence-electron chi connectivity index (χ0n) is 21.7. The third-order valence-corrected chi connectivity index (χ3v) is 7.30. The van der Waals surface area contributed by atoms with Gasteiger partial charge in [0.05, 0.1) is 12.7 Å². The van der Waals surface area contributed by atoms with Crippen molar-refractivity contribution >= 4 is 13.7 Å². The molecule has 2 heterocycles. The van der Waals surface area contributed by atoms with E-state index in [1.54, 1.807) is 45.9 Å². The van der Waals surface area contributed by atoms with E-state index in [0.29, 0.717) is 0 Å². The second-order valence-electron chi connectivity index (χ2n) is 9.67. The third-order valence-electron chi connectivity index (χ3n) is 5.77. The minimum atomic E-state index is -4.36. The van der Waals surface area contributed by atoms with Crippen LogP contribution in [0.25, 0.3) is 0 Å². The first kappa shape index (κ1) is 29.7. The van der Waals surface area contributed by atoms with Crippen LogP contribution in [0.4, 0.5) is 4.39 Å². The Morgan fingerprint density at radius 2 is 1.89 bits per heavy atom. The van der Waals surface area contributed by atoms with Gasteiger partial charge < -0.3 is 19.1 Å². The largest absolute Gasteiger partial charge is 0.462 e. The number of H-pyrrole nitrogens is 1. The Kier molecular flexibility index (Phi) is 9.32. The van der Waals surface area contributed by atoms with Crippen molar-refractivity contribution in [2.24, 2.45) is 5.92 Å². The fraction of sp³-hybridized carbons (Fsp3) is 0.542. The number of benzene rings is 1. The molecule has 1 aliphatic heterocycles. The van der Waals surface area contributed by atoms with Crippen molar-refractivity contribution in [3.63, 3.8) is 0 Å². The van der Waals surface area contributed by atoms with E-state index in [-0.39, 0.29) is 5.75 Å². The predicted octanol–water partition coefficient (Wildman–Crippen LogP) is 2.29. The third kappa shape index (κ3) is 6.97. The van der Waals surface area contributed by atoms with Crippen LogP contribution in [-0.4, -0.2) is 57.3 Å². The first-order chi connectivity index (χ1) is 17.7. The molecule has 38 heavy (non-hydrogen) atoms. The normalized spacial score (nSPS) is 25.8. The van der Waals surface area contributed by atoms with E-state index in [4.69, 9.17) is 18.5 Å². The highest BCUT2D eigenvalue weighted by Gasteiger charge is 2.56. The average Bonchev–Trinajstić information content (AvgIpc) is 3.05. The van der Waals surface area contributed by atoms with Gasteiger partial charge in [-0.2, -0.15) is 5.09 Å². The fourth-order valence-corrected chi connectivity index (χ4v) is 5.46. The van der Waals surface area contributed by atoms with Crippen LogP contribution in [0.3, 0.4) is 0 Å². The van der Waals surface area contributed by atoms with Gasteiger partial charge in [0.2, 0.25) is 0 Å². The first-order valence-electron chi connectivity index (χ1n) is 12.0. The van der Waals surface area contributed by atoms with Crippen molar-refractivity contribution in [2.45, 2.75) is 70.9 Å². The molecule has 2 aromatic rings. The van der Waals surface area contributed by atoms with Crippen molar-refractivity contribution in [3.8, 4) is 5.75 Å². The van der Waals surface area contributed by atoms with Crippen LogP contribution in [0.5, 0.6) is 5.75 Å². The Hall–Kier alpha value is -2.83. The molecule has 3 rings (SSSR count). The van der Waals surface area contributed by atoms with Gasteiger partial charge in [-0.1, -0.05) is 32.0 Å². The molecule has 1 aliphatic rings. The second-order valence-corrected chi connectivity index (χ2v) is 11.4. The van der Waals surface area contributed by atoms with Crippen molar-refractivity contribution in [2.75, 3.05) is 6.61 Å². The maximum Gasteiger partial charge on any atom is 0.459 e. The number of nitrogens with zero attached hydrogens (tertiary/aromatic N) is 1. The van der Waals surface area contributed by atoms with Gasteiger partial charge in [-0.25, -0.2) is 13.8 Å². The molecule has 210 valence electrons. The summed E-state index contributed by atoms with van der Waals surface area (Å²) in [7, 11) is -4.36. The Balaban J connectivity index is 1.85. The molecule has 1 aromatic heterocycles. The Morgan fingerprint density at radius 3 is 2.47 bits per heavy atom. The zero-order valence-corrected chi connectivity index (χ0v) is 22.6. The molecular formula is C24H33FN3O9P. The summed E-state index contributed by atoms with van der Waals surface area (Å²) in [6.45, 7) is 7.13. The summed E-state index contributed by atoms with van der Waals surface area (Å²) in [4.78, 5) is 38.3. The number of esters is 1. The Bertz CT molecular complexity index is 1260. The summed E-state index contributed by atoms with van der Waals surface area (Å²) >= 11 is 0. The van der Waals surface area contributed by atoms with Gasteiger partial charge in [0.15, 0.2) is 11.9 Å². The van der Waals surface area contributed by atoms with Crippen LogP contribution in [0.15, 0.2) is 52.2 Å². The summed E-state index contributed by atoms with van der Waals surface area (Å²) in [5.41, 5.74) is -4.12. The topological polar surface area (TPSA) is 158 Å². The SMILES string of the molecule is CC(C)OC(=O)[C@H](NP(=O)(OC[C@H]1O[C@@H](n2ccc(=O)[nH]c2=O)[C@@](C)(F)[C@@H]1O)Oc1ccccc1)C(C)C. The lowest BCUT2D eigenvalue weighted by atomic mass is 9.98. The Morgan fingerprint density at radius 1 is 1.24 bits per heavy atom. The van der Waals surface area contributed by atoms with Crippen LogP contribution in [0.2, 0.25) is 0 Å². The highest BCUT2D eigenvalue weighted by Crippen LogP contribution is 2.48. The summed E-state index contributed by atoms with van der Waals surface area (Å²) in [6.07, 6.45) is -4.23. The fourth-order valence-electron chi connectivity index (χ4n) is 3.79. The Labute approximate surface area is 218 Å². The number of aromatic nitrogens is 2. The molecule has 0 amide bonds. The highest BCUT2D eigenvalue weighted by atomic mass is 31.2. The minimum Gasteiger partial charge on any atom is -0.462 e. The summed E-state index contributed by atoms with van der Waals surface area (Å²) in [5.74, 6) is -0.915. The first-order valence-corrected chi connectivity index (χ1v) is 13.6. The number of aromatic amines is 1. The van der Waals surface area contributed by atoms with E-state index >= 15 is 4.39 Å². The van der Waals surface area contributed by atoms with Gasteiger partial charge in [0.1, 0.15) is 24.0 Å². The lowest BCUT2D eigenvalue weighted by Crippen LogP contribution is -2.44. The number of nitrogens with one attached hydrogen (secondary N) is 2. The molecule has 6 atom stereocenters. The molecule has 12 nitrogen and oxygen atoms in total. The molecule has 0 radical (unpaired) electrons. The van der Waals surface area contributed by atoms with E-state index in [1.807, 2.05) is 4.98 Å². The minimum absolute atomic E-state index is 0.156. The lowest BCUT2D eigenvalue weighted by Gasteiger charge is -2.28. The van der Waals surface area contributed by atoms with Gasteiger partial charge in [-0.3, -0.25) is 23.7 Å². The van der Waals surface area contributed by atoms with Gasteiger partial charge in [-0.15, -0.1) is 0 Å². The van der Waals surface area contributed by atoms with Crippen molar-refractivity contribution < 1.29 is 37.4 Å². The molecule has 0 saturated carbocycles. The van der Waals surface area contributed by atoms with Gasteiger partial charge in [-0.05, 0) is 38.8 Å². The number of carbonyl (C=O) groups is 1. The van der Waals surface area contributed by atoms with Crippen LogP contribution in [0, 0.1) is 5.92 Å². The summed E-state index contributed by atoms with van der Waals surface area (Å²) < 4.78 is 52.2. The smallest absolute Gasteiger partial charge is 0.459 e. The molecule has 1 unspecified atom stereocenters. The number of aliphatic hydroxyl groups is 1. The molecule has 1 saturated heterocycles. The molecule has 14 heteroatoms. The quantitative estimate of drug-likeness (QED) is 0.277. The molecule has 1 fully saturated rings. The van der Waals surface area contributed by atoms with E-state index in [9.17, 15) is 24.1 Å².